The van der Waals surface area contributed by atoms with Gasteiger partial charge in [-0.1, -0.05) is 6.92 Å². The summed E-state index contributed by atoms with van der Waals surface area (Å²) in [7, 11) is -1.95. The van der Waals surface area contributed by atoms with Crippen molar-refractivity contribution in [1.82, 2.24) is 24.7 Å². The number of nitrogens with one attached hydrogen (secondary N) is 2. The van der Waals surface area contributed by atoms with Crippen molar-refractivity contribution in [2.75, 3.05) is 0 Å². The van der Waals surface area contributed by atoms with Crippen LogP contribution in [0.5, 0.6) is 0 Å². The fourth-order valence-electron chi connectivity index (χ4n) is 1.92. The maximum absolute atomic E-state index is 12.1. The zero-order valence-corrected chi connectivity index (χ0v) is 12.1. The first-order chi connectivity index (χ1) is 9.47. The van der Waals surface area contributed by atoms with E-state index >= 15 is 0 Å². The number of rotatable bonds is 6. The van der Waals surface area contributed by atoms with Crippen molar-refractivity contribution in [1.29, 1.82) is 0 Å². The highest BCUT2D eigenvalue weighted by Gasteiger charge is 2.20. The predicted molar refractivity (Wildman–Crippen MR) is 71.1 cm³/mol. The molecule has 2 aromatic heterocycles. The van der Waals surface area contributed by atoms with Crippen LogP contribution in [-0.4, -0.2) is 33.5 Å². The van der Waals surface area contributed by atoms with Crippen LogP contribution in [0.25, 0.3) is 0 Å². The van der Waals surface area contributed by atoms with Gasteiger partial charge in [0.15, 0.2) is 5.03 Å². The maximum Gasteiger partial charge on any atom is 0.258 e. The second kappa shape index (κ2) is 5.73. The van der Waals surface area contributed by atoms with Crippen LogP contribution >= 0.6 is 0 Å². The van der Waals surface area contributed by atoms with E-state index in [4.69, 9.17) is 5.11 Å². The Kier molecular flexibility index (Phi) is 4.21. The summed E-state index contributed by atoms with van der Waals surface area (Å²) in [6.07, 6.45) is 3.79. The van der Waals surface area contributed by atoms with Gasteiger partial charge in [0.25, 0.3) is 10.0 Å². The molecule has 0 fully saturated rings. The molecule has 0 amide bonds. The van der Waals surface area contributed by atoms with Crippen LogP contribution in [0.15, 0.2) is 17.4 Å². The number of hydrogen-bond donors (Lipinski definition) is 3. The van der Waals surface area contributed by atoms with Gasteiger partial charge in [0.05, 0.1) is 18.5 Å². The van der Waals surface area contributed by atoms with E-state index < -0.39 is 10.0 Å². The van der Waals surface area contributed by atoms with Crippen molar-refractivity contribution in [3.63, 3.8) is 0 Å². The van der Waals surface area contributed by atoms with E-state index in [-0.39, 0.29) is 23.7 Å². The highest BCUT2D eigenvalue weighted by Crippen LogP contribution is 2.13. The molecule has 0 aliphatic rings. The summed E-state index contributed by atoms with van der Waals surface area (Å²) in [5, 5.41) is 19.2. The molecule has 9 heteroatoms. The largest absolute Gasteiger partial charge is 0.392 e. The van der Waals surface area contributed by atoms with Gasteiger partial charge in [0.2, 0.25) is 0 Å². The minimum atomic E-state index is -3.74. The van der Waals surface area contributed by atoms with Gasteiger partial charge < -0.3 is 5.11 Å². The molecule has 2 heterocycles. The summed E-state index contributed by atoms with van der Waals surface area (Å²) in [5.74, 6) is 0. The molecule has 0 atom stereocenters. The highest BCUT2D eigenvalue weighted by atomic mass is 32.2. The smallest absolute Gasteiger partial charge is 0.258 e. The monoisotopic (exact) mass is 299 g/mol. The summed E-state index contributed by atoms with van der Waals surface area (Å²) in [6.45, 7) is 1.71. The zero-order chi connectivity index (χ0) is 14.8. The molecule has 0 aliphatic carbocycles. The second-order valence-electron chi connectivity index (χ2n) is 4.34. The third-order valence-corrected chi connectivity index (χ3v) is 4.31. The lowest BCUT2D eigenvalue weighted by Gasteiger charge is -2.06. The van der Waals surface area contributed by atoms with E-state index in [0.717, 1.165) is 17.7 Å². The van der Waals surface area contributed by atoms with Gasteiger partial charge in [0.1, 0.15) is 0 Å². The Labute approximate surface area is 116 Å². The fraction of sp³-hybridized carbons (Fsp3) is 0.455. The van der Waals surface area contributed by atoms with Crippen LogP contribution in [0.3, 0.4) is 0 Å². The van der Waals surface area contributed by atoms with Gasteiger partial charge in [0, 0.05) is 30.9 Å². The molecular weight excluding hydrogens is 282 g/mol. The Bertz CT molecular complexity index is 689. The van der Waals surface area contributed by atoms with Crippen molar-refractivity contribution < 1.29 is 13.5 Å². The lowest BCUT2D eigenvalue weighted by atomic mass is 10.2. The quantitative estimate of drug-likeness (QED) is 0.676. The maximum atomic E-state index is 12.1. The first-order valence-corrected chi connectivity index (χ1v) is 7.60. The molecule has 0 unspecified atom stereocenters. The van der Waals surface area contributed by atoms with Gasteiger partial charge in [-0.05, 0) is 6.42 Å². The number of aromatic amines is 1. The molecule has 0 radical (unpaired) electrons. The number of aliphatic hydroxyl groups excluding tert-OH is 1. The Morgan fingerprint density at radius 1 is 1.45 bits per heavy atom. The number of H-pyrrole nitrogens is 1. The number of nitrogens with zero attached hydrogens (tertiary/aromatic N) is 3. The molecule has 2 aromatic rings. The lowest BCUT2D eigenvalue weighted by Crippen LogP contribution is -2.25. The summed E-state index contributed by atoms with van der Waals surface area (Å²) >= 11 is 0. The average molecular weight is 299 g/mol. The molecule has 8 nitrogen and oxygen atoms in total. The Balaban J connectivity index is 2.17. The summed E-state index contributed by atoms with van der Waals surface area (Å²) < 4.78 is 28.4. The van der Waals surface area contributed by atoms with Crippen LogP contribution in [0, 0.1) is 0 Å². The highest BCUT2D eigenvalue weighted by molar-refractivity contribution is 7.89. The van der Waals surface area contributed by atoms with E-state index in [1.807, 2.05) is 6.92 Å². The van der Waals surface area contributed by atoms with Crippen molar-refractivity contribution >= 4 is 10.0 Å². The number of aryl methyl sites for hydroxylation is 2. The Morgan fingerprint density at radius 2 is 2.20 bits per heavy atom. The molecule has 0 aliphatic heterocycles. The van der Waals surface area contributed by atoms with Gasteiger partial charge in [-0.25, -0.2) is 13.1 Å². The molecule has 0 spiro atoms. The minimum Gasteiger partial charge on any atom is -0.392 e. The Morgan fingerprint density at radius 3 is 2.85 bits per heavy atom. The summed E-state index contributed by atoms with van der Waals surface area (Å²) in [5.41, 5.74) is 1.91. The minimum absolute atomic E-state index is 0.109. The summed E-state index contributed by atoms with van der Waals surface area (Å²) in [6, 6.07) is 0. The first kappa shape index (κ1) is 14.7. The second-order valence-corrected chi connectivity index (χ2v) is 6.04. The molecule has 0 aromatic carbocycles. The SMILES string of the molecule is CCc1nn(C)cc1CNS(=O)(=O)c1[nH]ncc1CO. The van der Waals surface area contributed by atoms with Gasteiger partial charge in [-0.3, -0.25) is 9.78 Å². The molecule has 2 rings (SSSR count). The molecule has 0 bridgehead atoms. The topological polar surface area (TPSA) is 113 Å². The molecule has 0 saturated heterocycles. The summed E-state index contributed by atoms with van der Waals surface area (Å²) in [4.78, 5) is 0. The van der Waals surface area contributed by atoms with Gasteiger partial charge in [-0.15, -0.1) is 0 Å². The van der Waals surface area contributed by atoms with E-state index in [1.54, 1.807) is 17.9 Å². The van der Waals surface area contributed by atoms with Crippen LogP contribution in [-0.2, 0) is 36.6 Å². The molecule has 110 valence electrons. The van der Waals surface area contributed by atoms with E-state index in [9.17, 15) is 8.42 Å². The molecule has 20 heavy (non-hydrogen) atoms. The Hall–Kier alpha value is -1.71. The van der Waals surface area contributed by atoms with Crippen LogP contribution < -0.4 is 4.72 Å². The third kappa shape index (κ3) is 2.89. The standard InChI is InChI=1S/C11H17N5O3S/c1-3-10-8(6-16(2)15-10)5-13-20(18,19)11-9(7-17)4-12-14-11/h4,6,13,17H,3,5,7H2,1-2H3,(H,12,14). The molecular formula is C11H17N5O3S. The van der Waals surface area contributed by atoms with Crippen molar-refractivity contribution in [3.05, 3.63) is 29.2 Å². The lowest BCUT2D eigenvalue weighted by molar-refractivity contribution is 0.278. The average Bonchev–Trinajstić information content (AvgIpc) is 3.02. The number of aromatic nitrogens is 4. The third-order valence-electron chi connectivity index (χ3n) is 2.90. The van der Waals surface area contributed by atoms with Gasteiger partial charge >= 0.3 is 0 Å². The fourth-order valence-corrected chi connectivity index (χ4v) is 3.04. The zero-order valence-electron chi connectivity index (χ0n) is 11.3. The van der Waals surface area contributed by atoms with Crippen LogP contribution in [0.2, 0.25) is 0 Å². The van der Waals surface area contributed by atoms with E-state index in [0.29, 0.717) is 0 Å². The van der Waals surface area contributed by atoms with Crippen LogP contribution in [0.1, 0.15) is 23.7 Å². The predicted octanol–water partition coefficient (Wildman–Crippen LogP) is -0.324. The first-order valence-electron chi connectivity index (χ1n) is 6.12. The van der Waals surface area contributed by atoms with Crippen molar-refractivity contribution in [2.24, 2.45) is 7.05 Å². The van der Waals surface area contributed by atoms with Crippen LogP contribution in [0.4, 0.5) is 0 Å². The van der Waals surface area contributed by atoms with E-state index in [2.05, 4.69) is 20.0 Å². The number of hydrogen-bond acceptors (Lipinski definition) is 5. The number of sulfonamides is 1. The van der Waals surface area contributed by atoms with Crippen molar-refractivity contribution in [2.45, 2.75) is 31.5 Å². The van der Waals surface area contributed by atoms with Crippen molar-refractivity contribution in [3.8, 4) is 0 Å². The molecule has 0 saturated carbocycles. The van der Waals surface area contributed by atoms with Gasteiger partial charge in [-0.2, -0.15) is 10.2 Å². The molecule has 3 N–H and O–H groups in total. The van der Waals surface area contributed by atoms with E-state index in [1.165, 1.54) is 6.20 Å². The number of aliphatic hydroxyl groups is 1. The normalized spacial score (nSPS) is 11.9.